The third-order valence-corrected chi connectivity index (χ3v) is 9.54. The Hall–Kier alpha value is -5.75. The van der Waals surface area contributed by atoms with E-state index in [4.69, 9.17) is 9.72 Å². The first-order valence-electron chi connectivity index (χ1n) is 16.2. The molecule has 6 nitrogen and oxygen atoms in total. The number of pyridine rings is 3. The Morgan fingerprint density at radius 1 is 0.574 bits per heavy atom. The maximum Gasteiger partial charge on any atom is 0.145 e. The van der Waals surface area contributed by atoms with Crippen molar-refractivity contribution in [3.63, 3.8) is 0 Å². The molecule has 0 aliphatic carbocycles. The van der Waals surface area contributed by atoms with Gasteiger partial charge in [-0.25, -0.2) is 9.97 Å². The molecule has 9 rings (SSSR count). The molecule has 9 aromatic rings. The average Bonchev–Trinajstić information content (AvgIpc) is 3.79. The quantitative estimate of drug-likeness (QED) is 0.182. The van der Waals surface area contributed by atoms with Crippen LogP contribution in [0.4, 0.5) is 0 Å². The normalized spacial score (nSPS) is 12.2. The summed E-state index contributed by atoms with van der Waals surface area (Å²) in [6.07, 6.45) is 11.5. The van der Waals surface area contributed by atoms with Gasteiger partial charge in [0.25, 0.3) is 0 Å². The summed E-state index contributed by atoms with van der Waals surface area (Å²) in [5.74, 6) is 2.30. The summed E-state index contributed by atoms with van der Waals surface area (Å²) in [5.41, 5.74) is 9.38. The molecule has 0 aliphatic rings. The number of imidazole rings is 2. The predicted octanol–water partition coefficient (Wildman–Crippen LogP) is 10.7. The third-order valence-electron chi connectivity index (χ3n) is 9.54. The molecule has 5 heterocycles. The molecule has 0 bridgehead atoms. The van der Waals surface area contributed by atoms with E-state index < -0.39 is 0 Å². The Balaban J connectivity index is 1.22. The zero-order chi connectivity index (χ0) is 31.8. The summed E-state index contributed by atoms with van der Waals surface area (Å²) in [6.45, 7) is 9.13. The SMILES string of the molecule is CC(C)c1cccc(C(C)C)c1-c1cccc2c3ccc(Oc4ccc5c6cnccc6n6ccnc6c5c4)cc3c3nccn3c12. The van der Waals surface area contributed by atoms with Crippen molar-refractivity contribution < 1.29 is 4.74 Å². The second-order valence-electron chi connectivity index (χ2n) is 13.0. The van der Waals surface area contributed by atoms with Gasteiger partial charge in [-0.1, -0.05) is 64.1 Å². The third kappa shape index (κ3) is 4.14. The molecule has 0 fully saturated rings. The van der Waals surface area contributed by atoms with Crippen molar-refractivity contribution >= 4 is 54.6 Å². The Kier molecular flexibility index (Phi) is 6.09. The van der Waals surface area contributed by atoms with Crippen molar-refractivity contribution in [2.24, 2.45) is 0 Å². The van der Waals surface area contributed by atoms with Crippen LogP contribution < -0.4 is 4.74 Å². The second kappa shape index (κ2) is 10.4. The minimum absolute atomic E-state index is 0.396. The Morgan fingerprint density at radius 2 is 1.19 bits per heavy atom. The molecule has 6 heteroatoms. The molecule has 4 aromatic carbocycles. The summed E-state index contributed by atoms with van der Waals surface area (Å²) in [4.78, 5) is 14.0. The lowest BCUT2D eigenvalue weighted by atomic mass is 9.84. The summed E-state index contributed by atoms with van der Waals surface area (Å²) < 4.78 is 10.9. The van der Waals surface area contributed by atoms with E-state index in [1.165, 1.54) is 33.2 Å². The smallest absolute Gasteiger partial charge is 0.145 e. The van der Waals surface area contributed by atoms with Gasteiger partial charge < -0.3 is 4.74 Å². The van der Waals surface area contributed by atoms with E-state index in [1.807, 2.05) is 43.1 Å². The number of ether oxygens (including phenoxy) is 1. The van der Waals surface area contributed by atoms with E-state index in [0.29, 0.717) is 11.8 Å². The van der Waals surface area contributed by atoms with Crippen LogP contribution in [0.1, 0.15) is 50.7 Å². The molecule has 0 amide bonds. The lowest BCUT2D eigenvalue weighted by molar-refractivity contribution is 0.484. The van der Waals surface area contributed by atoms with Crippen LogP contribution in [0.3, 0.4) is 0 Å². The molecule has 47 heavy (non-hydrogen) atoms. The maximum absolute atomic E-state index is 6.56. The molecular formula is C41H33N5O. The van der Waals surface area contributed by atoms with Crippen molar-refractivity contribution in [3.05, 3.63) is 127 Å². The Morgan fingerprint density at radius 3 is 1.87 bits per heavy atom. The average molecular weight is 612 g/mol. The van der Waals surface area contributed by atoms with Crippen LogP contribution in [-0.4, -0.2) is 23.8 Å². The number of hydrogen-bond acceptors (Lipinski definition) is 4. The van der Waals surface area contributed by atoms with Gasteiger partial charge in [0, 0.05) is 64.3 Å². The Labute approximate surface area is 271 Å². The largest absolute Gasteiger partial charge is 0.457 e. The van der Waals surface area contributed by atoms with Crippen LogP contribution in [-0.2, 0) is 0 Å². The van der Waals surface area contributed by atoms with Crippen molar-refractivity contribution in [1.82, 2.24) is 23.8 Å². The van der Waals surface area contributed by atoms with Gasteiger partial charge in [-0.05, 0) is 81.8 Å². The molecule has 0 saturated carbocycles. The van der Waals surface area contributed by atoms with Crippen molar-refractivity contribution in [3.8, 4) is 22.6 Å². The van der Waals surface area contributed by atoms with Crippen molar-refractivity contribution in [2.45, 2.75) is 39.5 Å². The van der Waals surface area contributed by atoms with E-state index in [0.717, 1.165) is 55.2 Å². The van der Waals surface area contributed by atoms with E-state index >= 15 is 0 Å². The van der Waals surface area contributed by atoms with Crippen molar-refractivity contribution in [2.75, 3.05) is 0 Å². The van der Waals surface area contributed by atoms with E-state index in [9.17, 15) is 0 Å². The predicted molar refractivity (Wildman–Crippen MR) is 192 cm³/mol. The molecule has 0 saturated heterocycles. The topological polar surface area (TPSA) is 56.7 Å². The number of nitrogens with zero attached hydrogens (tertiary/aromatic N) is 5. The molecule has 5 aromatic heterocycles. The summed E-state index contributed by atoms with van der Waals surface area (Å²) in [7, 11) is 0. The Bertz CT molecular complexity index is 2650. The first-order valence-corrected chi connectivity index (χ1v) is 16.2. The number of fused-ring (bicyclic) bond motifs is 12. The van der Waals surface area contributed by atoms with Crippen LogP contribution >= 0.6 is 0 Å². The van der Waals surface area contributed by atoms with Gasteiger partial charge in [0.1, 0.15) is 22.8 Å². The fraction of sp³-hybridized carbons (Fsp3) is 0.146. The molecule has 0 atom stereocenters. The van der Waals surface area contributed by atoms with Crippen LogP contribution in [0.5, 0.6) is 11.5 Å². The van der Waals surface area contributed by atoms with E-state index in [2.05, 4.69) is 119 Å². The highest BCUT2D eigenvalue weighted by atomic mass is 16.5. The molecule has 228 valence electrons. The minimum Gasteiger partial charge on any atom is -0.457 e. The highest BCUT2D eigenvalue weighted by Crippen LogP contribution is 2.42. The zero-order valence-electron chi connectivity index (χ0n) is 26.8. The molecule has 0 aliphatic heterocycles. The van der Waals surface area contributed by atoms with Crippen LogP contribution in [0.15, 0.2) is 116 Å². The molecule has 0 unspecified atom stereocenters. The van der Waals surface area contributed by atoms with Crippen LogP contribution in [0.25, 0.3) is 65.8 Å². The first kappa shape index (κ1) is 27.6. The van der Waals surface area contributed by atoms with Gasteiger partial charge in [0.2, 0.25) is 0 Å². The summed E-state index contributed by atoms with van der Waals surface area (Å²) in [5, 5.41) is 6.58. The molecule has 0 radical (unpaired) electrons. The van der Waals surface area contributed by atoms with Gasteiger partial charge in [-0.2, -0.15) is 0 Å². The maximum atomic E-state index is 6.56. The molecule has 0 spiro atoms. The van der Waals surface area contributed by atoms with Gasteiger partial charge >= 0.3 is 0 Å². The second-order valence-corrected chi connectivity index (χ2v) is 13.0. The minimum atomic E-state index is 0.396. The summed E-state index contributed by atoms with van der Waals surface area (Å²) >= 11 is 0. The highest BCUT2D eigenvalue weighted by Gasteiger charge is 2.21. The lowest BCUT2D eigenvalue weighted by Crippen LogP contribution is -2.02. The number of aromatic nitrogens is 5. The monoisotopic (exact) mass is 611 g/mol. The summed E-state index contributed by atoms with van der Waals surface area (Å²) in [6, 6.07) is 28.0. The van der Waals surface area contributed by atoms with Gasteiger partial charge in [-0.15, -0.1) is 0 Å². The van der Waals surface area contributed by atoms with Crippen LogP contribution in [0, 0.1) is 0 Å². The number of hydrogen-bond donors (Lipinski definition) is 0. The van der Waals surface area contributed by atoms with Crippen molar-refractivity contribution in [1.29, 1.82) is 0 Å². The van der Waals surface area contributed by atoms with E-state index in [-0.39, 0.29) is 0 Å². The van der Waals surface area contributed by atoms with Crippen LogP contribution in [0.2, 0.25) is 0 Å². The fourth-order valence-corrected chi connectivity index (χ4v) is 7.42. The zero-order valence-corrected chi connectivity index (χ0v) is 26.8. The fourth-order valence-electron chi connectivity index (χ4n) is 7.42. The molecule has 0 N–H and O–H groups in total. The highest BCUT2D eigenvalue weighted by molar-refractivity contribution is 6.16. The lowest BCUT2D eigenvalue weighted by Gasteiger charge is -2.22. The van der Waals surface area contributed by atoms with Gasteiger partial charge in [0.15, 0.2) is 0 Å². The van der Waals surface area contributed by atoms with Gasteiger partial charge in [-0.3, -0.25) is 13.8 Å². The number of rotatable bonds is 5. The van der Waals surface area contributed by atoms with Gasteiger partial charge in [0.05, 0.1) is 11.0 Å². The first-order chi connectivity index (χ1) is 23.0. The standard InChI is InChI=1S/C41H33N5O/c1-24(2)28-7-5-8-29(25(3)4)38(28)33-10-6-9-32-30-13-11-26(21-34(30)41-44-18-20-46(41)39(32)33)47-27-12-14-31-35(22-27)40-43-17-19-45(40)37-15-16-42-23-36(31)37/h5-25H,1-4H3. The number of benzene rings is 4. The van der Waals surface area contributed by atoms with E-state index in [1.54, 1.807) is 0 Å². The number of para-hydroxylation sites is 1. The molecular weight excluding hydrogens is 578 g/mol.